The van der Waals surface area contributed by atoms with Crippen LogP contribution < -0.4 is 16.1 Å². The third-order valence-corrected chi connectivity index (χ3v) is 22.9. The monoisotopic (exact) mass is 1840 g/mol. The highest BCUT2D eigenvalue weighted by atomic mass is 15.3. The molecule has 0 bridgehead atoms. The van der Waals surface area contributed by atoms with Gasteiger partial charge in [-0.2, -0.15) is 5.10 Å². The molecule has 18 rings (SSSR count). The lowest BCUT2D eigenvalue weighted by atomic mass is 10.1. The summed E-state index contributed by atoms with van der Waals surface area (Å²) in [5.74, 6) is 14.2. The molecule has 0 unspecified atom stereocenters. The molecule has 32 heteroatoms. The first kappa shape index (κ1) is 105. The number of rotatable bonds is 18. The molecule has 0 atom stereocenters. The van der Waals surface area contributed by atoms with Crippen LogP contribution in [0.5, 0.6) is 0 Å². The number of imidazole rings is 7. The Bertz CT molecular complexity index is 5640. The van der Waals surface area contributed by atoms with Crippen LogP contribution in [0.4, 0.5) is 11.6 Å². The van der Waals surface area contributed by atoms with E-state index in [1.54, 1.807) is 56.4 Å². The molecule has 726 valence electrons. The lowest BCUT2D eigenvalue weighted by Gasteiger charge is -2.20. The summed E-state index contributed by atoms with van der Waals surface area (Å²) in [6.45, 7) is 80.5. The molecule has 0 radical (unpaired) electrons. The lowest BCUT2D eigenvalue weighted by molar-refractivity contribution is 0.546. The van der Waals surface area contributed by atoms with E-state index in [1.165, 1.54) is 28.3 Å². The van der Waals surface area contributed by atoms with E-state index in [-0.39, 0.29) is 0 Å². The molecule has 3 aliphatic rings. The third-order valence-electron chi connectivity index (χ3n) is 22.9. The molecule has 135 heavy (non-hydrogen) atoms. The zero-order valence-electron chi connectivity index (χ0n) is 87.5. The fraction of sp³-hybridized carbons (Fsp3) is 0.553. The number of anilines is 2. The molecule has 0 aliphatic carbocycles. The summed E-state index contributed by atoms with van der Waals surface area (Å²) in [6.07, 6.45) is 24.5. The average Bonchev–Trinajstić information content (AvgIpc) is 1.70. The summed E-state index contributed by atoms with van der Waals surface area (Å²) in [7, 11) is 0. The molecule has 3 N–H and O–H groups in total. The van der Waals surface area contributed by atoms with Crippen molar-refractivity contribution in [2.75, 3.05) is 10.6 Å². The number of pyridine rings is 2. The van der Waals surface area contributed by atoms with Gasteiger partial charge < -0.3 is 57.2 Å². The molecule has 3 aliphatic heterocycles. The van der Waals surface area contributed by atoms with Crippen LogP contribution in [-0.4, -0.2) is 145 Å². The largest absolute Gasteiger partial charge is 0.333 e. The van der Waals surface area contributed by atoms with E-state index in [0.29, 0.717) is 114 Å². The van der Waals surface area contributed by atoms with Gasteiger partial charge in [0.2, 0.25) is 0 Å². The summed E-state index contributed by atoms with van der Waals surface area (Å²) in [6, 6.07) is 14.2. The number of aromatic nitrogens is 26. The van der Waals surface area contributed by atoms with Crippen molar-refractivity contribution in [2.45, 2.75) is 377 Å². The minimum absolute atomic E-state index is 0.365. The fourth-order valence-corrected chi connectivity index (χ4v) is 17.1. The highest BCUT2D eigenvalue weighted by molar-refractivity contribution is 5.82. The van der Waals surface area contributed by atoms with Gasteiger partial charge in [0.15, 0.2) is 28.2 Å². The van der Waals surface area contributed by atoms with Gasteiger partial charge in [-0.25, -0.2) is 79.7 Å². The minimum atomic E-state index is 0.365. The van der Waals surface area contributed by atoms with E-state index in [2.05, 4.69) is 418 Å². The summed E-state index contributed by atoms with van der Waals surface area (Å²) in [5, 5.41) is 11.7. The van der Waals surface area contributed by atoms with Gasteiger partial charge in [0.1, 0.15) is 105 Å². The van der Waals surface area contributed by atoms with Crippen LogP contribution in [0.1, 0.15) is 432 Å². The van der Waals surface area contributed by atoms with E-state index in [9.17, 15) is 0 Å². The topological polar surface area (TPSA) is 337 Å². The Morgan fingerprint density at radius 2 is 0.696 bits per heavy atom. The first-order valence-corrected chi connectivity index (χ1v) is 48.7. The van der Waals surface area contributed by atoms with Crippen LogP contribution in [-0.2, 0) is 19.6 Å². The highest BCUT2D eigenvalue weighted by Crippen LogP contribution is 2.36. The van der Waals surface area contributed by atoms with E-state index in [0.717, 1.165) is 138 Å². The quantitative estimate of drug-likeness (QED) is 0.0718. The third kappa shape index (κ3) is 24.5. The number of nitrogens with zero attached hydrogens (tertiary/aromatic N) is 29. The van der Waals surface area contributed by atoms with E-state index >= 15 is 0 Å². The van der Waals surface area contributed by atoms with Gasteiger partial charge in [-0.1, -0.05) is 125 Å². The zero-order valence-corrected chi connectivity index (χ0v) is 87.5. The lowest BCUT2D eigenvalue weighted by Crippen LogP contribution is -2.17. The molecule has 32 nitrogen and oxygen atoms in total. The second-order valence-corrected chi connectivity index (χ2v) is 40.0. The molecule has 0 amide bonds. The first-order chi connectivity index (χ1) is 64.0. The van der Waals surface area contributed by atoms with Crippen molar-refractivity contribution < 1.29 is 0 Å². The predicted octanol–water partition coefficient (Wildman–Crippen LogP) is 24.7. The first-order valence-electron chi connectivity index (χ1n) is 48.7. The Morgan fingerprint density at radius 1 is 0.296 bits per heavy atom. The van der Waals surface area contributed by atoms with Crippen LogP contribution in [0.25, 0.3) is 66.9 Å². The molecular weight excluding hydrogens is 1690 g/mol. The van der Waals surface area contributed by atoms with Gasteiger partial charge in [0, 0.05) is 149 Å². The number of hydrogen-bond donors (Lipinski definition) is 3. The van der Waals surface area contributed by atoms with Crippen molar-refractivity contribution >= 4 is 97.4 Å². The van der Waals surface area contributed by atoms with Crippen LogP contribution in [0, 0.1) is 0 Å². The highest BCUT2D eigenvalue weighted by Gasteiger charge is 2.28. The van der Waals surface area contributed by atoms with Gasteiger partial charge in [-0.15, -0.1) is 0 Å². The average molecular weight is 1840 g/mol. The number of aliphatic imine (C=N–C) groups is 2. The number of nitrogens with one attached hydrogen (secondary N) is 3. The van der Waals surface area contributed by atoms with Crippen molar-refractivity contribution in [3.05, 3.63) is 174 Å². The minimum Gasteiger partial charge on any atom is -0.333 e. The molecule has 0 saturated carbocycles. The molecule has 0 spiro atoms. The van der Waals surface area contributed by atoms with Crippen molar-refractivity contribution in [3.63, 3.8) is 0 Å². The van der Waals surface area contributed by atoms with Crippen LogP contribution in [0.2, 0.25) is 0 Å². The van der Waals surface area contributed by atoms with Gasteiger partial charge in [-0.3, -0.25) is 15.0 Å². The van der Waals surface area contributed by atoms with E-state index in [1.807, 2.05) is 49.2 Å². The summed E-state index contributed by atoms with van der Waals surface area (Å²) >= 11 is 0. The number of hydrazone groups is 1. The molecule has 0 saturated heterocycles. The molecular formula is C103H154N32. The summed E-state index contributed by atoms with van der Waals surface area (Å²) < 4.78 is 20.3. The number of hydrogen-bond acceptors (Lipinski definition) is 23. The normalized spacial score (nSPS) is 12.8. The summed E-state index contributed by atoms with van der Waals surface area (Å²) in [5.41, 5.74) is 20.8. The predicted molar refractivity (Wildman–Crippen MR) is 554 cm³/mol. The van der Waals surface area contributed by atoms with E-state index < -0.39 is 0 Å². The maximum absolute atomic E-state index is 4.68. The molecule has 0 fully saturated rings. The fourth-order valence-electron chi connectivity index (χ4n) is 17.1. The Balaban J connectivity index is 0.000000157. The van der Waals surface area contributed by atoms with Gasteiger partial charge in [0.05, 0.1) is 74.0 Å². The van der Waals surface area contributed by atoms with Crippen molar-refractivity contribution in [1.29, 1.82) is 0 Å². The number of fused-ring (bicyclic) bond motifs is 9. The summed E-state index contributed by atoms with van der Waals surface area (Å²) in [4.78, 5) is 82.8. The Morgan fingerprint density at radius 3 is 1.20 bits per heavy atom. The van der Waals surface area contributed by atoms with Crippen LogP contribution in [0.15, 0.2) is 114 Å². The van der Waals surface area contributed by atoms with Gasteiger partial charge in [0.25, 0.3) is 0 Å². The second kappa shape index (κ2) is 46.7. The smallest absolute Gasteiger partial charge is 0.197 e. The Kier molecular flexibility index (Phi) is 36.2. The van der Waals surface area contributed by atoms with Gasteiger partial charge >= 0.3 is 0 Å². The SMILES string of the molecule is CC(C)c1cc2c(n1C(C)C)NC=NC2.CC(C)c1cc2cncnc2n1C(C)C.CC(C)c1nc2c(n1C(C)C)C=NNC2.CC(C)c1nc2c(n1C(C)C)NC=NC2.CC(C)c1nc2cccnc2n1C(C)C.CC(C)c1nc2cnccc2n1C(C)C.CC(C)c1nc2cncnc2n1C(C)C.CC(C)c1nc2cncnc2n1C(C)C.CC(C)c1nc2nccnc2n1C(C)C. The maximum Gasteiger partial charge on any atom is 0.197 e. The zero-order chi connectivity index (χ0) is 99.0. The standard InChI is InChI=1S/C12H19N3.3C12H17N3.C11H18N4.2C11H16N4.C11H18N4.C11H16N4/c2*1-8(2)11-5-10-6-13-7-14-12(10)15(11)9(3)4;1-8(2)12-14-10-7-13-6-5-11(10)15(12)9(3)4;1-8(2)11-14-10-6-5-7-13-12(10)15(11)9(3)4;3*1-7(2)10-14-9-5-12-6-13-11(9)15(10)8(3)4;1-7(2)11-14-9-5-12-13-6-10(9)15(11)8(3)4;1-7(2)10-14-9-11(13-6-5-12-9)15(10)8(3)4/h5,7-9H,6H2,1-4H3,(H,13,14);3*5-9H,1-4H3;6-8H,5H2,1-4H3,(H,12,13);2*5-8H,1-4H3;6-8,12H,5H2,1-4H3;5-8H,1-4H3. The molecule has 15 aromatic heterocycles. The van der Waals surface area contributed by atoms with Gasteiger partial charge in [-0.05, 0) is 167 Å². The van der Waals surface area contributed by atoms with E-state index in [4.69, 9.17) is 0 Å². The van der Waals surface area contributed by atoms with Crippen LogP contribution >= 0.6 is 0 Å². The molecule has 15 aromatic rings. The second-order valence-electron chi connectivity index (χ2n) is 40.0. The van der Waals surface area contributed by atoms with Crippen molar-refractivity contribution in [1.82, 2.24) is 131 Å². The van der Waals surface area contributed by atoms with Crippen molar-refractivity contribution in [2.24, 2.45) is 15.1 Å². The maximum atomic E-state index is 4.68. The van der Waals surface area contributed by atoms with Crippen molar-refractivity contribution in [3.8, 4) is 0 Å². The molecule has 18 heterocycles. The molecule has 0 aromatic carbocycles. The Hall–Kier alpha value is -12.4. The van der Waals surface area contributed by atoms with Crippen LogP contribution in [0.3, 0.4) is 0 Å². The Labute approximate surface area is 800 Å².